The fourth-order valence-electron chi connectivity index (χ4n) is 1.93. The first-order valence-electron chi connectivity index (χ1n) is 5.83. The van der Waals surface area contributed by atoms with Crippen molar-refractivity contribution in [2.24, 2.45) is 16.5 Å². The summed E-state index contributed by atoms with van der Waals surface area (Å²) >= 11 is 0. The van der Waals surface area contributed by atoms with Crippen LogP contribution in [0.2, 0.25) is 0 Å². The minimum atomic E-state index is -1.51. The summed E-state index contributed by atoms with van der Waals surface area (Å²) in [5.74, 6) is -1.13. The zero-order valence-electron chi connectivity index (χ0n) is 10.7. The third-order valence-electron chi connectivity index (χ3n) is 2.85. The Kier molecular flexibility index (Phi) is 4.04. The number of aromatic nitrogens is 3. The second-order valence-electron chi connectivity index (χ2n) is 4.30. The molecule has 0 saturated carbocycles. The van der Waals surface area contributed by atoms with Crippen molar-refractivity contribution in [3.05, 3.63) is 10.5 Å². The standard InChI is InChI=1S/C9H15N7O5/c10-6(11)13-8-14-7(12)15-9(20)16(8)5-4(19)3(18)2(1-17)21-5/h2-5,17-19H,1H2,(H6,10,11,12,13,14,15,20). The van der Waals surface area contributed by atoms with Crippen LogP contribution in [0.15, 0.2) is 9.79 Å². The zero-order chi connectivity index (χ0) is 15.7. The van der Waals surface area contributed by atoms with Crippen LogP contribution in [0, 0.1) is 0 Å². The summed E-state index contributed by atoms with van der Waals surface area (Å²) in [4.78, 5) is 22.6. The summed E-state index contributed by atoms with van der Waals surface area (Å²) in [6.07, 6.45) is -5.37. The van der Waals surface area contributed by atoms with E-state index in [1.165, 1.54) is 0 Å². The number of nitrogen functional groups attached to an aromatic ring is 1. The molecule has 21 heavy (non-hydrogen) atoms. The normalized spacial score (nSPS) is 28.5. The van der Waals surface area contributed by atoms with Crippen LogP contribution in [0.3, 0.4) is 0 Å². The summed E-state index contributed by atoms with van der Waals surface area (Å²) in [6, 6.07) is 0. The van der Waals surface area contributed by atoms with E-state index in [4.69, 9.17) is 27.0 Å². The smallest absolute Gasteiger partial charge is 0.355 e. The Morgan fingerprint density at radius 3 is 2.52 bits per heavy atom. The van der Waals surface area contributed by atoms with Gasteiger partial charge in [-0.1, -0.05) is 0 Å². The Bertz CT molecular complexity index is 613. The Balaban J connectivity index is 2.54. The molecule has 0 amide bonds. The van der Waals surface area contributed by atoms with Crippen molar-refractivity contribution in [3.63, 3.8) is 0 Å². The van der Waals surface area contributed by atoms with Gasteiger partial charge in [-0.3, -0.25) is 0 Å². The topological polar surface area (TPSA) is 208 Å². The van der Waals surface area contributed by atoms with E-state index in [1.807, 2.05) is 0 Å². The molecule has 1 aromatic heterocycles. The molecule has 0 aromatic carbocycles. The van der Waals surface area contributed by atoms with Crippen LogP contribution in [0.1, 0.15) is 6.23 Å². The molecular formula is C9H15N7O5. The van der Waals surface area contributed by atoms with Gasteiger partial charge in [0.15, 0.2) is 12.2 Å². The van der Waals surface area contributed by atoms with E-state index in [0.29, 0.717) is 0 Å². The molecule has 4 atom stereocenters. The van der Waals surface area contributed by atoms with E-state index in [-0.39, 0.29) is 11.9 Å². The SMILES string of the molecule is NC(N)=Nc1nc(N)nc(=O)n1C1OC(CO)C(O)C1O. The molecule has 116 valence electrons. The van der Waals surface area contributed by atoms with Crippen molar-refractivity contribution in [1.82, 2.24) is 14.5 Å². The van der Waals surface area contributed by atoms with Gasteiger partial charge in [0.2, 0.25) is 11.9 Å². The molecule has 2 rings (SSSR count). The number of aliphatic hydroxyl groups excluding tert-OH is 3. The van der Waals surface area contributed by atoms with Gasteiger partial charge in [0.05, 0.1) is 6.61 Å². The average Bonchev–Trinajstić information content (AvgIpc) is 2.65. The van der Waals surface area contributed by atoms with Gasteiger partial charge in [0.25, 0.3) is 0 Å². The predicted molar refractivity (Wildman–Crippen MR) is 69.2 cm³/mol. The van der Waals surface area contributed by atoms with Crippen molar-refractivity contribution < 1.29 is 20.1 Å². The lowest BCUT2D eigenvalue weighted by Gasteiger charge is -2.18. The first-order valence-corrected chi connectivity index (χ1v) is 5.83. The van der Waals surface area contributed by atoms with Crippen LogP contribution >= 0.6 is 0 Å². The molecule has 1 fully saturated rings. The highest BCUT2D eigenvalue weighted by Crippen LogP contribution is 2.30. The van der Waals surface area contributed by atoms with Gasteiger partial charge in [0, 0.05) is 0 Å². The first-order chi connectivity index (χ1) is 9.85. The molecule has 0 bridgehead atoms. The third-order valence-corrected chi connectivity index (χ3v) is 2.85. The lowest BCUT2D eigenvalue weighted by atomic mass is 10.1. The summed E-state index contributed by atoms with van der Waals surface area (Å²) < 4.78 is 5.94. The van der Waals surface area contributed by atoms with Crippen molar-refractivity contribution in [1.29, 1.82) is 0 Å². The number of hydrogen-bond acceptors (Lipinski definition) is 9. The zero-order valence-corrected chi connectivity index (χ0v) is 10.7. The van der Waals surface area contributed by atoms with Gasteiger partial charge in [0.1, 0.15) is 18.3 Å². The van der Waals surface area contributed by atoms with Gasteiger partial charge in [-0.05, 0) is 0 Å². The van der Waals surface area contributed by atoms with E-state index in [9.17, 15) is 15.0 Å². The van der Waals surface area contributed by atoms with Crippen molar-refractivity contribution in [2.45, 2.75) is 24.5 Å². The Morgan fingerprint density at radius 2 is 2.00 bits per heavy atom. The predicted octanol–water partition coefficient (Wildman–Crippen LogP) is -4.26. The highest BCUT2D eigenvalue weighted by Gasteiger charge is 2.44. The maximum absolute atomic E-state index is 11.9. The van der Waals surface area contributed by atoms with Gasteiger partial charge < -0.3 is 37.3 Å². The lowest BCUT2D eigenvalue weighted by Crippen LogP contribution is -2.37. The van der Waals surface area contributed by atoms with Gasteiger partial charge in [-0.15, -0.1) is 0 Å². The maximum Gasteiger partial charge on any atom is 0.355 e. The monoisotopic (exact) mass is 301 g/mol. The molecule has 0 radical (unpaired) electrons. The number of aliphatic imine (C=N–C) groups is 1. The molecule has 2 heterocycles. The third kappa shape index (κ3) is 2.78. The molecule has 12 nitrogen and oxygen atoms in total. The Labute approximate surface area is 117 Å². The number of guanidine groups is 1. The van der Waals surface area contributed by atoms with Crippen LogP contribution < -0.4 is 22.9 Å². The quantitative estimate of drug-likeness (QED) is 0.234. The number of nitrogens with two attached hydrogens (primary N) is 3. The molecule has 0 aliphatic carbocycles. The van der Waals surface area contributed by atoms with Crippen LogP contribution in [-0.2, 0) is 4.74 Å². The minimum Gasteiger partial charge on any atom is -0.394 e. The number of hydrogen-bond donors (Lipinski definition) is 6. The molecule has 12 heteroatoms. The highest BCUT2D eigenvalue weighted by molar-refractivity contribution is 5.78. The molecule has 1 aliphatic heterocycles. The van der Waals surface area contributed by atoms with Crippen molar-refractivity contribution >= 4 is 17.9 Å². The van der Waals surface area contributed by atoms with Crippen LogP contribution in [0.25, 0.3) is 0 Å². The van der Waals surface area contributed by atoms with E-state index in [2.05, 4.69) is 15.0 Å². The Morgan fingerprint density at radius 1 is 1.33 bits per heavy atom. The highest BCUT2D eigenvalue weighted by atomic mass is 16.6. The van der Waals surface area contributed by atoms with Gasteiger partial charge in [-0.2, -0.15) is 15.0 Å². The van der Waals surface area contributed by atoms with Crippen LogP contribution in [0.4, 0.5) is 11.9 Å². The van der Waals surface area contributed by atoms with Gasteiger partial charge in [-0.25, -0.2) is 9.36 Å². The van der Waals surface area contributed by atoms with Gasteiger partial charge >= 0.3 is 5.69 Å². The Hall–Kier alpha value is -2.28. The van der Waals surface area contributed by atoms with E-state index in [1.54, 1.807) is 0 Å². The van der Waals surface area contributed by atoms with E-state index in [0.717, 1.165) is 4.57 Å². The molecule has 9 N–H and O–H groups in total. The average molecular weight is 301 g/mol. The molecule has 0 spiro atoms. The fourth-order valence-corrected chi connectivity index (χ4v) is 1.93. The summed E-state index contributed by atoms with van der Waals surface area (Å²) in [7, 11) is 0. The summed E-state index contributed by atoms with van der Waals surface area (Å²) in [5.41, 5.74) is 14.9. The largest absolute Gasteiger partial charge is 0.394 e. The van der Waals surface area contributed by atoms with Crippen molar-refractivity contribution in [3.8, 4) is 0 Å². The first kappa shape index (κ1) is 15.1. The number of anilines is 1. The molecule has 4 unspecified atom stereocenters. The van der Waals surface area contributed by atoms with Crippen molar-refractivity contribution in [2.75, 3.05) is 12.3 Å². The van der Waals surface area contributed by atoms with E-state index >= 15 is 0 Å². The van der Waals surface area contributed by atoms with E-state index < -0.39 is 42.8 Å². The lowest BCUT2D eigenvalue weighted by molar-refractivity contribution is -0.0544. The van der Waals surface area contributed by atoms with Crippen LogP contribution in [0.5, 0.6) is 0 Å². The summed E-state index contributed by atoms with van der Waals surface area (Å²) in [5, 5.41) is 28.7. The van der Waals surface area contributed by atoms with Crippen LogP contribution in [-0.4, -0.2) is 60.7 Å². The maximum atomic E-state index is 11.9. The number of ether oxygens (including phenoxy) is 1. The second-order valence-corrected chi connectivity index (χ2v) is 4.30. The summed E-state index contributed by atoms with van der Waals surface area (Å²) in [6.45, 7) is -0.559. The number of nitrogens with zero attached hydrogens (tertiary/aromatic N) is 4. The fraction of sp³-hybridized carbons (Fsp3) is 0.556. The molecule has 1 aliphatic rings. The molecule has 1 aromatic rings. The molecule has 1 saturated heterocycles. The number of rotatable bonds is 3. The molecular weight excluding hydrogens is 286 g/mol. The minimum absolute atomic E-state index is 0.345. The number of aliphatic hydroxyl groups is 3. The second kappa shape index (κ2) is 5.61.